The number of halogens is 1. The van der Waals surface area contributed by atoms with Crippen molar-refractivity contribution in [3.63, 3.8) is 0 Å². The molecule has 2 aromatic carbocycles. The molecule has 0 spiro atoms. The molecule has 152 valence electrons. The van der Waals surface area contributed by atoms with Crippen LogP contribution in [-0.4, -0.2) is 29.0 Å². The molecular weight excluding hydrogens is 428 g/mol. The number of para-hydroxylation sites is 1. The molecule has 1 fully saturated rings. The molecule has 3 rings (SSSR count). The van der Waals surface area contributed by atoms with Crippen molar-refractivity contribution in [1.29, 1.82) is 5.26 Å². The van der Waals surface area contributed by atoms with Gasteiger partial charge in [0.05, 0.1) is 10.2 Å². The number of hydrogen-bond donors (Lipinski definition) is 1. The monoisotopic (exact) mass is 442 g/mol. The van der Waals surface area contributed by atoms with Crippen LogP contribution in [0.3, 0.4) is 0 Å². The molecule has 0 aromatic heterocycles. The lowest BCUT2D eigenvalue weighted by Crippen LogP contribution is -2.31. The number of hydrogen-bond acceptors (Lipinski definition) is 6. The molecule has 0 radical (unpaired) electrons. The molecule has 10 heteroatoms. The van der Waals surface area contributed by atoms with Gasteiger partial charge in [0.2, 0.25) is 5.91 Å². The Hall–Kier alpha value is -3.35. The topological polar surface area (TPSA) is 116 Å². The Morgan fingerprint density at radius 3 is 2.57 bits per heavy atom. The first kappa shape index (κ1) is 21.4. The van der Waals surface area contributed by atoms with Crippen molar-refractivity contribution in [3.8, 4) is 6.07 Å². The lowest BCUT2D eigenvalue weighted by atomic mass is 10.1. The maximum atomic E-state index is 13.2. The summed E-state index contributed by atoms with van der Waals surface area (Å²) in [5.41, 5.74) is 0.529. The molecule has 0 saturated carbocycles. The van der Waals surface area contributed by atoms with Gasteiger partial charge in [0.15, 0.2) is 0 Å². The Balaban J connectivity index is 2.07. The Labute approximate surface area is 181 Å². The van der Waals surface area contributed by atoms with Crippen LogP contribution in [-0.2, 0) is 16.0 Å². The quantitative estimate of drug-likeness (QED) is 0.328. The molecule has 30 heavy (non-hydrogen) atoms. The summed E-state index contributed by atoms with van der Waals surface area (Å²) in [5.74, 6) is -1.01. The van der Waals surface area contributed by atoms with E-state index in [2.05, 4.69) is 5.32 Å². The van der Waals surface area contributed by atoms with E-state index in [9.17, 15) is 25.0 Å². The summed E-state index contributed by atoms with van der Waals surface area (Å²) >= 11 is 6.97. The van der Waals surface area contributed by atoms with Crippen LogP contribution in [0.2, 0.25) is 5.02 Å². The van der Waals surface area contributed by atoms with E-state index in [-0.39, 0.29) is 28.6 Å². The summed E-state index contributed by atoms with van der Waals surface area (Å²) in [6.45, 7) is 0. The number of nitro benzene ring substituents is 1. The van der Waals surface area contributed by atoms with Crippen molar-refractivity contribution in [2.75, 3.05) is 11.9 Å². The number of amides is 2. The Bertz CT molecular complexity index is 1090. The van der Waals surface area contributed by atoms with Gasteiger partial charge in [0, 0.05) is 35.8 Å². The van der Waals surface area contributed by atoms with Gasteiger partial charge in [-0.05, 0) is 24.3 Å². The number of carbonyl (C=O) groups excluding carboxylic acids is 2. The van der Waals surface area contributed by atoms with Gasteiger partial charge in [-0.15, -0.1) is 0 Å². The predicted molar refractivity (Wildman–Crippen MR) is 114 cm³/mol. The first-order valence-corrected chi connectivity index (χ1v) is 9.98. The molecule has 8 nitrogen and oxygen atoms in total. The Morgan fingerprint density at radius 1 is 1.30 bits per heavy atom. The van der Waals surface area contributed by atoms with Crippen molar-refractivity contribution in [3.05, 3.63) is 79.8 Å². The van der Waals surface area contributed by atoms with E-state index in [1.54, 1.807) is 42.5 Å². The zero-order chi connectivity index (χ0) is 21.8. The molecule has 0 unspecified atom stereocenters. The summed E-state index contributed by atoms with van der Waals surface area (Å²) in [5, 5.41) is 23.2. The van der Waals surface area contributed by atoms with Gasteiger partial charge in [-0.25, -0.2) is 0 Å². The maximum Gasteiger partial charge on any atom is 0.272 e. The average Bonchev–Trinajstić information content (AvgIpc) is 3.05. The third kappa shape index (κ3) is 4.15. The molecule has 0 aliphatic carbocycles. The van der Waals surface area contributed by atoms with Crippen LogP contribution in [0.25, 0.3) is 0 Å². The molecular formula is C20H15ClN4O4S. The fourth-order valence-electron chi connectivity index (χ4n) is 3.00. The van der Waals surface area contributed by atoms with Crippen molar-refractivity contribution < 1.29 is 14.5 Å². The minimum atomic E-state index is -0.746. The lowest BCUT2D eigenvalue weighted by molar-refractivity contribution is -0.385. The zero-order valence-corrected chi connectivity index (χ0v) is 17.2. The van der Waals surface area contributed by atoms with Crippen molar-refractivity contribution in [2.45, 2.75) is 11.7 Å². The second-order valence-electron chi connectivity index (χ2n) is 6.22. The van der Waals surface area contributed by atoms with Crippen molar-refractivity contribution >= 4 is 46.6 Å². The van der Waals surface area contributed by atoms with Crippen LogP contribution in [0, 0.1) is 21.4 Å². The number of anilines is 1. The Kier molecular flexibility index (Phi) is 6.40. The third-order valence-electron chi connectivity index (χ3n) is 4.41. The SMILES string of the molecule is CNC(=O)/C(C#N)=C1\S[C@H](Cc2ccccc2[N+](=O)[O-])C(=O)N1c1ccc(Cl)cc1. The van der Waals surface area contributed by atoms with Crippen LogP contribution in [0.1, 0.15) is 5.56 Å². The molecule has 0 bridgehead atoms. The number of benzene rings is 2. The van der Waals surface area contributed by atoms with E-state index in [4.69, 9.17) is 11.6 Å². The molecule has 1 N–H and O–H groups in total. The predicted octanol–water partition coefficient (Wildman–Crippen LogP) is 3.42. The van der Waals surface area contributed by atoms with E-state index in [1.165, 1.54) is 18.0 Å². The number of nitrogens with one attached hydrogen (secondary N) is 1. The van der Waals surface area contributed by atoms with E-state index < -0.39 is 16.1 Å². The molecule has 1 atom stereocenters. The standard InChI is InChI=1S/C20H15ClN4O4S/c1-23-18(26)15(11-22)20-24(14-8-6-13(21)7-9-14)19(27)17(30-20)10-12-4-2-3-5-16(12)25(28)29/h2-9,17H,10H2,1H3,(H,23,26)/b20-15-/t17-/m1/s1. The van der Waals surface area contributed by atoms with E-state index >= 15 is 0 Å². The average molecular weight is 443 g/mol. The number of nitro groups is 1. The molecule has 1 aliphatic heterocycles. The smallest absolute Gasteiger partial charge is 0.272 e. The van der Waals surface area contributed by atoms with Crippen LogP contribution in [0.4, 0.5) is 11.4 Å². The molecule has 1 saturated heterocycles. The summed E-state index contributed by atoms with van der Waals surface area (Å²) in [6.07, 6.45) is 0.0701. The summed E-state index contributed by atoms with van der Waals surface area (Å²) in [7, 11) is 1.39. The summed E-state index contributed by atoms with van der Waals surface area (Å²) in [6, 6.07) is 14.4. The van der Waals surface area contributed by atoms with Crippen LogP contribution in [0.5, 0.6) is 0 Å². The maximum absolute atomic E-state index is 13.2. The van der Waals surface area contributed by atoms with Crippen LogP contribution >= 0.6 is 23.4 Å². The fraction of sp³-hybridized carbons (Fsp3) is 0.150. The fourth-order valence-corrected chi connectivity index (χ4v) is 4.42. The summed E-state index contributed by atoms with van der Waals surface area (Å²) < 4.78 is 0. The van der Waals surface area contributed by atoms with Gasteiger partial charge in [0.1, 0.15) is 16.7 Å². The van der Waals surface area contributed by atoms with Gasteiger partial charge in [-0.2, -0.15) is 5.26 Å². The molecule has 1 heterocycles. The number of likely N-dealkylation sites (N-methyl/N-ethyl adjacent to an activating group) is 1. The highest BCUT2D eigenvalue weighted by Gasteiger charge is 2.41. The third-order valence-corrected chi connectivity index (χ3v) is 5.93. The number of rotatable bonds is 5. The zero-order valence-electron chi connectivity index (χ0n) is 15.7. The van der Waals surface area contributed by atoms with Crippen LogP contribution < -0.4 is 10.2 Å². The number of thioether (sulfide) groups is 1. The highest BCUT2D eigenvalue weighted by molar-refractivity contribution is 8.05. The van der Waals surface area contributed by atoms with Crippen molar-refractivity contribution in [1.82, 2.24) is 5.32 Å². The highest BCUT2D eigenvalue weighted by atomic mass is 35.5. The number of nitrogens with zero attached hydrogens (tertiary/aromatic N) is 3. The number of nitriles is 1. The lowest BCUT2D eigenvalue weighted by Gasteiger charge is -2.18. The van der Waals surface area contributed by atoms with Gasteiger partial charge in [-0.3, -0.25) is 24.6 Å². The molecule has 2 aromatic rings. The molecule has 2 amide bonds. The minimum Gasteiger partial charge on any atom is -0.354 e. The van der Waals surface area contributed by atoms with E-state index in [0.717, 1.165) is 11.8 Å². The summed E-state index contributed by atoms with van der Waals surface area (Å²) in [4.78, 5) is 37.6. The van der Waals surface area contributed by atoms with Gasteiger partial charge >= 0.3 is 0 Å². The molecule has 1 aliphatic rings. The minimum absolute atomic E-state index is 0.0701. The first-order chi connectivity index (χ1) is 14.4. The first-order valence-electron chi connectivity index (χ1n) is 8.72. The van der Waals surface area contributed by atoms with Crippen molar-refractivity contribution in [2.24, 2.45) is 0 Å². The normalized spacial score (nSPS) is 17.4. The Morgan fingerprint density at radius 2 is 1.97 bits per heavy atom. The van der Waals surface area contributed by atoms with E-state index in [1.807, 2.05) is 6.07 Å². The van der Waals surface area contributed by atoms with Crippen LogP contribution in [0.15, 0.2) is 59.1 Å². The highest BCUT2D eigenvalue weighted by Crippen LogP contribution is 2.42. The number of carbonyl (C=O) groups is 2. The van der Waals surface area contributed by atoms with Gasteiger partial charge in [-0.1, -0.05) is 41.6 Å². The second kappa shape index (κ2) is 8.98. The second-order valence-corrected chi connectivity index (χ2v) is 7.85. The van der Waals surface area contributed by atoms with Gasteiger partial charge in [0.25, 0.3) is 11.6 Å². The largest absolute Gasteiger partial charge is 0.354 e. The van der Waals surface area contributed by atoms with E-state index in [0.29, 0.717) is 16.3 Å². The van der Waals surface area contributed by atoms with Gasteiger partial charge < -0.3 is 5.32 Å².